The summed E-state index contributed by atoms with van der Waals surface area (Å²) >= 11 is 0. The maximum atomic E-state index is 11.5. The van der Waals surface area contributed by atoms with Crippen molar-refractivity contribution in [3.05, 3.63) is 35.4 Å². The van der Waals surface area contributed by atoms with E-state index in [0.29, 0.717) is 31.4 Å². The van der Waals surface area contributed by atoms with Gasteiger partial charge in [0, 0.05) is 12.3 Å². The molecule has 0 aliphatic heterocycles. The zero-order chi connectivity index (χ0) is 16.4. The number of carbonyl (C=O) groups excluding carboxylic acids is 2. The highest BCUT2D eigenvalue weighted by molar-refractivity contribution is 5.89. The van der Waals surface area contributed by atoms with E-state index in [0.717, 1.165) is 18.3 Å². The molecule has 5 heteroatoms. The lowest BCUT2D eigenvalue weighted by atomic mass is 9.94. The van der Waals surface area contributed by atoms with Crippen molar-refractivity contribution in [2.45, 2.75) is 39.0 Å². The molecule has 0 radical (unpaired) electrons. The third-order valence-electron chi connectivity index (χ3n) is 3.37. The van der Waals surface area contributed by atoms with Gasteiger partial charge in [-0.3, -0.25) is 4.79 Å². The van der Waals surface area contributed by atoms with Crippen molar-refractivity contribution in [2.24, 2.45) is 5.92 Å². The first kappa shape index (κ1) is 17.9. The van der Waals surface area contributed by atoms with E-state index in [2.05, 4.69) is 0 Å². The molecule has 0 aliphatic rings. The molecule has 0 amide bonds. The summed E-state index contributed by atoms with van der Waals surface area (Å²) in [5.74, 6) is -1.28. The third-order valence-corrected chi connectivity index (χ3v) is 3.37. The molecule has 0 aromatic heterocycles. The van der Waals surface area contributed by atoms with Gasteiger partial charge >= 0.3 is 11.9 Å². The summed E-state index contributed by atoms with van der Waals surface area (Å²) in [6.07, 6.45) is 3.63. The van der Waals surface area contributed by atoms with Crippen LogP contribution in [0.3, 0.4) is 0 Å². The summed E-state index contributed by atoms with van der Waals surface area (Å²) in [6, 6.07) is 7.03. The Hall–Kier alpha value is -2.17. The Bertz CT molecular complexity index is 492. The number of aliphatic carboxylic acids is 1. The molecular weight excluding hydrogens is 284 g/mol. The quantitative estimate of drug-likeness (QED) is 0.408. The van der Waals surface area contributed by atoms with Gasteiger partial charge in [-0.2, -0.15) is 0 Å². The number of ether oxygens (including phenoxy) is 1. The molecule has 0 spiro atoms. The minimum atomic E-state index is -0.808. The average Bonchev–Trinajstić information content (AvgIpc) is 2.51. The van der Waals surface area contributed by atoms with Gasteiger partial charge < -0.3 is 14.6 Å². The van der Waals surface area contributed by atoms with Crippen molar-refractivity contribution in [1.82, 2.24) is 0 Å². The van der Waals surface area contributed by atoms with Gasteiger partial charge in [0.25, 0.3) is 0 Å². The number of carboxylic acid groups (broad SMARTS) is 1. The fourth-order valence-corrected chi connectivity index (χ4v) is 2.20. The van der Waals surface area contributed by atoms with Crippen molar-refractivity contribution < 1.29 is 24.2 Å². The zero-order valence-electron chi connectivity index (χ0n) is 12.8. The fourth-order valence-electron chi connectivity index (χ4n) is 2.20. The van der Waals surface area contributed by atoms with Crippen LogP contribution in [-0.2, 0) is 20.7 Å². The van der Waals surface area contributed by atoms with Crippen LogP contribution in [0.25, 0.3) is 0 Å². The number of esters is 1. The molecule has 1 aromatic rings. The number of hydrogen-bond donors (Lipinski definition) is 1. The molecule has 0 bridgehead atoms. The molecule has 0 saturated heterocycles. The summed E-state index contributed by atoms with van der Waals surface area (Å²) in [4.78, 5) is 33.1. The van der Waals surface area contributed by atoms with Crippen molar-refractivity contribution in [2.75, 3.05) is 6.61 Å². The molecule has 1 unspecified atom stereocenters. The Morgan fingerprint density at radius 3 is 2.45 bits per heavy atom. The lowest BCUT2D eigenvalue weighted by Gasteiger charge is -2.10. The Balaban J connectivity index is 2.47. The maximum Gasteiger partial charge on any atom is 0.338 e. The van der Waals surface area contributed by atoms with Crippen LogP contribution in [0.2, 0.25) is 0 Å². The minimum Gasteiger partial charge on any atom is -0.481 e. The Morgan fingerprint density at radius 2 is 1.91 bits per heavy atom. The number of hydrogen-bond acceptors (Lipinski definition) is 4. The standard InChI is InChI=1S/C17H22O5/c1-2-22-17(21)15-9-7-13(8-10-15)11-14(12-18)5-3-4-6-16(19)20/h7-10,12,14H,2-6,11H2,1H3,(H,19,20). The Labute approximate surface area is 130 Å². The van der Waals surface area contributed by atoms with E-state index in [1.807, 2.05) is 12.1 Å². The number of rotatable bonds is 10. The third kappa shape index (κ3) is 6.52. The molecule has 1 aromatic carbocycles. The van der Waals surface area contributed by atoms with Gasteiger partial charge in [-0.25, -0.2) is 4.79 Å². The molecule has 22 heavy (non-hydrogen) atoms. The van der Waals surface area contributed by atoms with Crippen LogP contribution < -0.4 is 0 Å². The van der Waals surface area contributed by atoms with Crippen molar-refractivity contribution in [1.29, 1.82) is 0 Å². The first-order valence-corrected chi connectivity index (χ1v) is 7.50. The van der Waals surface area contributed by atoms with E-state index >= 15 is 0 Å². The van der Waals surface area contributed by atoms with E-state index in [1.54, 1.807) is 19.1 Å². The zero-order valence-corrected chi connectivity index (χ0v) is 12.8. The lowest BCUT2D eigenvalue weighted by molar-refractivity contribution is -0.137. The molecule has 5 nitrogen and oxygen atoms in total. The summed E-state index contributed by atoms with van der Waals surface area (Å²) < 4.78 is 4.91. The van der Waals surface area contributed by atoms with E-state index in [9.17, 15) is 14.4 Å². The van der Waals surface area contributed by atoms with E-state index in [4.69, 9.17) is 9.84 Å². The summed E-state index contributed by atoms with van der Waals surface area (Å²) in [6.45, 7) is 2.09. The first-order chi connectivity index (χ1) is 10.6. The van der Waals surface area contributed by atoms with Gasteiger partial charge in [0.05, 0.1) is 12.2 Å². The summed E-state index contributed by atoms with van der Waals surface area (Å²) in [5, 5.41) is 8.57. The van der Waals surface area contributed by atoms with E-state index < -0.39 is 5.97 Å². The van der Waals surface area contributed by atoms with Crippen molar-refractivity contribution >= 4 is 18.2 Å². The molecule has 120 valence electrons. The summed E-state index contributed by atoms with van der Waals surface area (Å²) in [5.41, 5.74) is 1.47. The Morgan fingerprint density at radius 1 is 1.23 bits per heavy atom. The second kappa shape index (κ2) is 9.71. The maximum absolute atomic E-state index is 11.5. The topological polar surface area (TPSA) is 80.7 Å². The predicted octanol–water partition coefficient (Wildman–Crippen LogP) is 2.87. The first-order valence-electron chi connectivity index (χ1n) is 7.50. The summed E-state index contributed by atoms with van der Waals surface area (Å²) in [7, 11) is 0. The van der Waals surface area contributed by atoms with Gasteiger partial charge in [-0.05, 0) is 43.9 Å². The predicted molar refractivity (Wildman–Crippen MR) is 81.8 cm³/mol. The average molecular weight is 306 g/mol. The molecule has 1 atom stereocenters. The highest BCUT2D eigenvalue weighted by atomic mass is 16.5. The molecule has 0 fully saturated rings. The molecular formula is C17H22O5. The minimum absolute atomic E-state index is 0.123. The largest absolute Gasteiger partial charge is 0.481 e. The number of carbonyl (C=O) groups is 3. The molecule has 0 saturated carbocycles. The number of unbranched alkanes of at least 4 members (excludes halogenated alkanes) is 1. The monoisotopic (exact) mass is 306 g/mol. The van der Waals surface area contributed by atoms with Crippen LogP contribution in [-0.4, -0.2) is 29.9 Å². The SMILES string of the molecule is CCOC(=O)c1ccc(CC(C=O)CCCCC(=O)O)cc1. The second-order valence-electron chi connectivity index (χ2n) is 5.16. The number of carboxylic acids is 1. The van der Waals surface area contributed by atoms with Gasteiger partial charge in [0.15, 0.2) is 0 Å². The lowest BCUT2D eigenvalue weighted by Crippen LogP contribution is -2.08. The molecule has 0 heterocycles. The molecule has 0 aliphatic carbocycles. The van der Waals surface area contributed by atoms with Gasteiger partial charge in [0.2, 0.25) is 0 Å². The highest BCUT2D eigenvalue weighted by Gasteiger charge is 2.11. The van der Waals surface area contributed by atoms with Gasteiger partial charge in [-0.15, -0.1) is 0 Å². The van der Waals surface area contributed by atoms with Crippen molar-refractivity contribution in [3.8, 4) is 0 Å². The van der Waals surface area contributed by atoms with Crippen LogP contribution in [0.4, 0.5) is 0 Å². The second-order valence-corrected chi connectivity index (χ2v) is 5.16. The van der Waals surface area contributed by atoms with Crippen LogP contribution in [0, 0.1) is 5.92 Å². The smallest absolute Gasteiger partial charge is 0.338 e. The van der Waals surface area contributed by atoms with Crippen LogP contribution in [0.15, 0.2) is 24.3 Å². The highest BCUT2D eigenvalue weighted by Crippen LogP contribution is 2.15. The van der Waals surface area contributed by atoms with Crippen LogP contribution in [0.1, 0.15) is 48.5 Å². The van der Waals surface area contributed by atoms with Gasteiger partial charge in [0.1, 0.15) is 6.29 Å². The van der Waals surface area contributed by atoms with Crippen LogP contribution in [0.5, 0.6) is 0 Å². The molecule has 1 rings (SSSR count). The van der Waals surface area contributed by atoms with Crippen molar-refractivity contribution in [3.63, 3.8) is 0 Å². The fraction of sp³-hybridized carbons (Fsp3) is 0.471. The molecule has 1 N–H and O–H groups in total. The van der Waals surface area contributed by atoms with Crippen LogP contribution >= 0.6 is 0 Å². The normalized spacial score (nSPS) is 11.7. The van der Waals surface area contributed by atoms with Gasteiger partial charge in [-0.1, -0.05) is 18.6 Å². The number of benzene rings is 1. The number of aldehydes is 1. The van der Waals surface area contributed by atoms with E-state index in [-0.39, 0.29) is 18.3 Å². The Kier molecular flexibility index (Phi) is 7.89. The van der Waals surface area contributed by atoms with E-state index in [1.165, 1.54) is 0 Å².